The van der Waals surface area contributed by atoms with E-state index in [1.165, 1.54) is 6.07 Å². The predicted molar refractivity (Wildman–Crippen MR) is 52.6 cm³/mol. The van der Waals surface area contributed by atoms with Crippen molar-refractivity contribution in [3.8, 4) is 5.75 Å². The molecule has 0 aromatic heterocycles. The summed E-state index contributed by atoms with van der Waals surface area (Å²) in [6.07, 6.45) is 0.621. The van der Waals surface area contributed by atoms with Crippen LogP contribution >= 0.6 is 0 Å². The SMILES string of the molecule is CNc1cc(O)c(C=O)cc1NC. The highest BCUT2D eigenvalue weighted by Gasteiger charge is 2.05. The molecule has 0 unspecified atom stereocenters. The number of carbonyl (C=O) groups is 1. The Morgan fingerprint density at radius 3 is 2.23 bits per heavy atom. The second-order valence-corrected chi connectivity index (χ2v) is 2.57. The number of benzene rings is 1. The van der Waals surface area contributed by atoms with Gasteiger partial charge in [0.1, 0.15) is 5.75 Å². The molecule has 1 rings (SSSR count). The Morgan fingerprint density at radius 1 is 1.23 bits per heavy atom. The standard InChI is InChI=1S/C9H12N2O2/c1-10-7-3-6(5-12)9(13)4-8(7)11-2/h3-5,10-11,13H,1-2H3. The Morgan fingerprint density at radius 2 is 1.77 bits per heavy atom. The van der Waals surface area contributed by atoms with Gasteiger partial charge in [0.25, 0.3) is 0 Å². The van der Waals surface area contributed by atoms with Gasteiger partial charge in [-0.1, -0.05) is 0 Å². The van der Waals surface area contributed by atoms with E-state index >= 15 is 0 Å². The van der Waals surface area contributed by atoms with Gasteiger partial charge in [-0.15, -0.1) is 0 Å². The van der Waals surface area contributed by atoms with Crippen molar-refractivity contribution in [1.29, 1.82) is 0 Å². The summed E-state index contributed by atoms with van der Waals surface area (Å²) in [4.78, 5) is 10.5. The molecule has 3 N–H and O–H groups in total. The molecule has 4 heteroatoms. The van der Waals surface area contributed by atoms with Crippen LogP contribution in [0.3, 0.4) is 0 Å². The quantitative estimate of drug-likeness (QED) is 0.484. The minimum absolute atomic E-state index is 0.0154. The summed E-state index contributed by atoms with van der Waals surface area (Å²) >= 11 is 0. The van der Waals surface area contributed by atoms with Crippen LogP contribution in [-0.4, -0.2) is 25.5 Å². The molecule has 13 heavy (non-hydrogen) atoms. The molecule has 0 radical (unpaired) electrons. The maximum absolute atomic E-state index is 10.5. The van der Waals surface area contributed by atoms with Crippen LogP contribution in [0.1, 0.15) is 10.4 Å². The normalized spacial score (nSPS) is 9.38. The summed E-state index contributed by atoms with van der Waals surface area (Å²) in [5.74, 6) is -0.0154. The van der Waals surface area contributed by atoms with Crippen LogP contribution in [0.2, 0.25) is 0 Å². The minimum atomic E-state index is -0.0154. The highest BCUT2D eigenvalue weighted by Crippen LogP contribution is 2.28. The fourth-order valence-corrected chi connectivity index (χ4v) is 1.11. The number of phenols is 1. The Balaban J connectivity index is 3.26. The molecule has 1 aromatic carbocycles. The zero-order chi connectivity index (χ0) is 9.84. The molecule has 1 aromatic rings. The van der Waals surface area contributed by atoms with E-state index in [0.29, 0.717) is 6.29 Å². The maximum Gasteiger partial charge on any atom is 0.153 e. The summed E-state index contributed by atoms with van der Waals surface area (Å²) in [5, 5.41) is 15.2. The third-order valence-corrected chi connectivity index (χ3v) is 1.83. The Bertz CT molecular complexity index is 324. The number of hydrogen-bond donors (Lipinski definition) is 3. The van der Waals surface area contributed by atoms with E-state index in [1.807, 2.05) is 0 Å². The lowest BCUT2D eigenvalue weighted by atomic mass is 10.1. The molecule has 0 atom stereocenters. The third kappa shape index (κ3) is 1.72. The Labute approximate surface area is 76.6 Å². The lowest BCUT2D eigenvalue weighted by Gasteiger charge is -2.10. The highest BCUT2D eigenvalue weighted by molar-refractivity contribution is 5.85. The zero-order valence-corrected chi connectivity index (χ0v) is 7.59. The van der Waals surface area contributed by atoms with Crippen molar-refractivity contribution in [3.63, 3.8) is 0 Å². The Kier molecular flexibility index (Phi) is 2.74. The highest BCUT2D eigenvalue weighted by atomic mass is 16.3. The lowest BCUT2D eigenvalue weighted by Crippen LogP contribution is -1.97. The van der Waals surface area contributed by atoms with Crippen LogP contribution in [-0.2, 0) is 0 Å². The summed E-state index contributed by atoms with van der Waals surface area (Å²) < 4.78 is 0. The van der Waals surface area contributed by atoms with Crippen LogP contribution in [0.15, 0.2) is 12.1 Å². The molecule has 0 aliphatic rings. The number of phenolic OH excluding ortho intramolecular Hbond substituents is 1. The van der Waals surface area contributed by atoms with Crippen LogP contribution in [0.5, 0.6) is 5.75 Å². The zero-order valence-electron chi connectivity index (χ0n) is 7.59. The van der Waals surface area contributed by atoms with Crippen molar-refractivity contribution in [2.45, 2.75) is 0 Å². The average Bonchev–Trinajstić information content (AvgIpc) is 2.17. The first-order valence-electron chi connectivity index (χ1n) is 3.90. The summed E-state index contributed by atoms with van der Waals surface area (Å²) in [5.41, 5.74) is 1.82. The lowest BCUT2D eigenvalue weighted by molar-refractivity contribution is 0.112. The Hall–Kier alpha value is -1.71. The van der Waals surface area contributed by atoms with Crippen LogP contribution in [0, 0.1) is 0 Å². The van der Waals surface area contributed by atoms with Crippen molar-refractivity contribution in [3.05, 3.63) is 17.7 Å². The van der Waals surface area contributed by atoms with Gasteiger partial charge in [0.2, 0.25) is 0 Å². The van der Waals surface area contributed by atoms with Gasteiger partial charge in [-0.25, -0.2) is 0 Å². The van der Waals surface area contributed by atoms with Gasteiger partial charge >= 0.3 is 0 Å². The van der Waals surface area contributed by atoms with Gasteiger partial charge < -0.3 is 15.7 Å². The molecule has 70 valence electrons. The van der Waals surface area contributed by atoms with E-state index in [9.17, 15) is 9.90 Å². The summed E-state index contributed by atoms with van der Waals surface area (Å²) in [7, 11) is 3.50. The van der Waals surface area contributed by atoms with Crippen molar-refractivity contribution in [2.24, 2.45) is 0 Å². The second-order valence-electron chi connectivity index (χ2n) is 2.57. The molecule has 0 saturated heterocycles. The van der Waals surface area contributed by atoms with Gasteiger partial charge in [0, 0.05) is 20.2 Å². The minimum Gasteiger partial charge on any atom is -0.507 e. The summed E-state index contributed by atoms with van der Waals surface area (Å²) in [6.45, 7) is 0. The first-order chi connectivity index (χ1) is 6.22. The molecule has 0 aliphatic heterocycles. The number of aromatic hydroxyl groups is 1. The molecule has 4 nitrogen and oxygen atoms in total. The smallest absolute Gasteiger partial charge is 0.153 e. The van der Waals surface area contributed by atoms with Gasteiger partial charge in [0.15, 0.2) is 6.29 Å². The average molecular weight is 180 g/mol. The van der Waals surface area contributed by atoms with Gasteiger partial charge in [-0.2, -0.15) is 0 Å². The van der Waals surface area contributed by atoms with E-state index in [1.54, 1.807) is 20.2 Å². The number of anilines is 2. The van der Waals surface area contributed by atoms with E-state index in [4.69, 9.17) is 0 Å². The van der Waals surface area contributed by atoms with E-state index in [0.717, 1.165) is 11.4 Å². The van der Waals surface area contributed by atoms with E-state index in [2.05, 4.69) is 10.6 Å². The molecular weight excluding hydrogens is 168 g/mol. The number of carbonyl (C=O) groups excluding carboxylic acids is 1. The van der Waals surface area contributed by atoms with Gasteiger partial charge in [-0.05, 0) is 6.07 Å². The fraction of sp³-hybridized carbons (Fsp3) is 0.222. The monoisotopic (exact) mass is 180 g/mol. The van der Waals surface area contributed by atoms with Crippen LogP contribution < -0.4 is 10.6 Å². The molecule has 0 spiro atoms. The van der Waals surface area contributed by atoms with Crippen molar-refractivity contribution < 1.29 is 9.90 Å². The van der Waals surface area contributed by atoms with Crippen molar-refractivity contribution >= 4 is 17.7 Å². The van der Waals surface area contributed by atoms with Gasteiger partial charge in [0.05, 0.1) is 16.9 Å². The largest absolute Gasteiger partial charge is 0.507 e. The predicted octanol–water partition coefficient (Wildman–Crippen LogP) is 1.29. The number of hydrogen-bond acceptors (Lipinski definition) is 4. The topological polar surface area (TPSA) is 61.4 Å². The molecular formula is C9H12N2O2. The molecule has 0 saturated carbocycles. The van der Waals surface area contributed by atoms with E-state index in [-0.39, 0.29) is 11.3 Å². The summed E-state index contributed by atoms with van der Waals surface area (Å²) in [6, 6.07) is 3.10. The van der Waals surface area contributed by atoms with Crippen molar-refractivity contribution in [2.75, 3.05) is 24.7 Å². The number of rotatable bonds is 3. The van der Waals surface area contributed by atoms with Crippen LogP contribution in [0.25, 0.3) is 0 Å². The van der Waals surface area contributed by atoms with Crippen molar-refractivity contribution in [1.82, 2.24) is 0 Å². The maximum atomic E-state index is 10.5. The first kappa shape index (κ1) is 9.38. The molecule has 0 amide bonds. The molecule has 0 bridgehead atoms. The number of aldehydes is 1. The number of nitrogens with one attached hydrogen (secondary N) is 2. The van der Waals surface area contributed by atoms with Gasteiger partial charge in [-0.3, -0.25) is 4.79 Å². The van der Waals surface area contributed by atoms with E-state index < -0.39 is 0 Å². The van der Waals surface area contributed by atoms with Crippen LogP contribution in [0.4, 0.5) is 11.4 Å². The fourth-order valence-electron chi connectivity index (χ4n) is 1.11. The first-order valence-corrected chi connectivity index (χ1v) is 3.90. The second kappa shape index (κ2) is 3.80. The third-order valence-electron chi connectivity index (χ3n) is 1.83. The molecule has 0 heterocycles. The molecule has 0 fully saturated rings. The molecule has 0 aliphatic carbocycles.